The zero-order valence-electron chi connectivity index (χ0n) is 7.84. The summed E-state index contributed by atoms with van der Waals surface area (Å²) in [6.45, 7) is 1.91. The number of carboxylic acid groups (broad SMARTS) is 1. The van der Waals surface area contributed by atoms with Gasteiger partial charge >= 0.3 is 5.97 Å². The lowest BCUT2D eigenvalue weighted by molar-refractivity contribution is -0.131. The van der Waals surface area contributed by atoms with E-state index in [2.05, 4.69) is 4.98 Å². The molecular weight excluding hydrogens is 178 g/mol. The average molecular weight is 189 g/mol. The van der Waals surface area contributed by atoms with Crippen LogP contribution in [-0.4, -0.2) is 16.1 Å². The lowest BCUT2D eigenvalue weighted by atomic mass is 10.1. The molecule has 3 heteroatoms. The van der Waals surface area contributed by atoms with Crippen molar-refractivity contribution in [3.63, 3.8) is 0 Å². The molecule has 1 heterocycles. The van der Waals surface area contributed by atoms with Crippen LogP contribution in [0.25, 0.3) is 5.57 Å². The summed E-state index contributed by atoms with van der Waals surface area (Å²) in [5.41, 5.74) is 1.97. The van der Waals surface area contributed by atoms with Gasteiger partial charge in [-0.15, -0.1) is 0 Å². The molecule has 0 fully saturated rings. The van der Waals surface area contributed by atoms with Crippen molar-refractivity contribution in [2.24, 2.45) is 0 Å². The Bertz CT molecular complexity index is 366. The van der Waals surface area contributed by atoms with Gasteiger partial charge in [0.1, 0.15) is 0 Å². The van der Waals surface area contributed by atoms with E-state index in [4.69, 9.17) is 5.11 Å². The van der Waals surface area contributed by atoms with Crippen LogP contribution in [0.15, 0.2) is 42.8 Å². The van der Waals surface area contributed by atoms with Crippen LogP contribution < -0.4 is 0 Å². The zero-order chi connectivity index (χ0) is 10.4. The van der Waals surface area contributed by atoms with Gasteiger partial charge in [0.2, 0.25) is 0 Å². The van der Waals surface area contributed by atoms with Crippen LogP contribution in [0.3, 0.4) is 0 Å². The van der Waals surface area contributed by atoms with Crippen LogP contribution in [0, 0.1) is 0 Å². The molecule has 1 aromatic rings. The summed E-state index contributed by atoms with van der Waals surface area (Å²) >= 11 is 0. The lowest BCUT2D eigenvalue weighted by Gasteiger charge is -1.97. The van der Waals surface area contributed by atoms with Gasteiger partial charge in [0.25, 0.3) is 0 Å². The van der Waals surface area contributed by atoms with E-state index in [0.29, 0.717) is 0 Å². The summed E-state index contributed by atoms with van der Waals surface area (Å²) < 4.78 is 0. The Morgan fingerprint density at radius 3 is 2.93 bits per heavy atom. The number of hydrogen-bond donors (Lipinski definition) is 1. The first kappa shape index (κ1) is 10.2. The topological polar surface area (TPSA) is 50.2 Å². The van der Waals surface area contributed by atoms with E-state index in [0.717, 1.165) is 17.2 Å². The molecule has 0 aliphatic heterocycles. The second-order valence-corrected chi connectivity index (χ2v) is 2.79. The molecule has 0 atom stereocenters. The van der Waals surface area contributed by atoms with Gasteiger partial charge in [0.05, 0.1) is 0 Å². The van der Waals surface area contributed by atoms with Gasteiger partial charge in [0, 0.05) is 18.5 Å². The Hall–Kier alpha value is -1.90. The minimum Gasteiger partial charge on any atom is -0.478 e. The van der Waals surface area contributed by atoms with Crippen molar-refractivity contribution in [1.29, 1.82) is 0 Å². The molecule has 0 aliphatic carbocycles. The van der Waals surface area contributed by atoms with E-state index < -0.39 is 5.97 Å². The van der Waals surface area contributed by atoms with Crippen LogP contribution in [-0.2, 0) is 4.79 Å². The highest BCUT2D eigenvalue weighted by atomic mass is 16.4. The third-order valence-corrected chi connectivity index (χ3v) is 1.70. The van der Waals surface area contributed by atoms with Crippen molar-refractivity contribution in [2.45, 2.75) is 6.92 Å². The largest absolute Gasteiger partial charge is 0.478 e. The minimum absolute atomic E-state index is 0.944. The van der Waals surface area contributed by atoms with Gasteiger partial charge in [-0.1, -0.05) is 18.2 Å². The molecule has 0 saturated carbocycles. The molecule has 1 rings (SSSR count). The van der Waals surface area contributed by atoms with E-state index in [-0.39, 0.29) is 0 Å². The molecule has 1 aromatic heterocycles. The highest BCUT2D eigenvalue weighted by Gasteiger charge is 1.92. The fraction of sp³-hybridized carbons (Fsp3) is 0.0909. The molecule has 0 spiro atoms. The number of nitrogens with zero attached hydrogens (tertiary/aromatic N) is 1. The Morgan fingerprint density at radius 2 is 2.36 bits per heavy atom. The monoisotopic (exact) mass is 189 g/mol. The fourth-order valence-corrected chi connectivity index (χ4v) is 0.967. The number of pyridine rings is 1. The molecule has 3 nitrogen and oxygen atoms in total. The molecule has 0 aromatic carbocycles. The number of carbonyl (C=O) groups is 1. The highest BCUT2D eigenvalue weighted by molar-refractivity contribution is 5.80. The molecule has 72 valence electrons. The second-order valence-electron chi connectivity index (χ2n) is 2.79. The summed E-state index contributed by atoms with van der Waals surface area (Å²) in [5.74, 6) is -0.944. The number of rotatable bonds is 3. The van der Waals surface area contributed by atoms with Crippen molar-refractivity contribution < 1.29 is 9.90 Å². The zero-order valence-corrected chi connectivity index (χ0v) is 7.84. The lowest BCUT2D eigenvalue weighted by Crippen LogP contribution is -1.85. The number of allylic oxidation sites excluding steroid dienone is 3. The van der Waals surface area contributed by atoms with Crippen molar-refractivity contribution in [2.75, 3.05) is 0 Å². The summed E-state index contributed by atoms with van der Waals surface area (Å²) in [6, 6.07) is 3.76. The summed E-state index contributed by atoms with van der Waals surface area (Å²) in [6.07, 6.45) is 7.78. The normalized spacial score (nSPS) is 11.9. The van der Waals surface area contributed by atoms with Gasteiger partial charge in [-0.25, -0.2) is 4.79 Å². The van der Waals surface area contributed by atoms with Gasteiger partial charge in [-0.3, -0.25) is 4.98 Å². The molecular formula is C11H11NO2. The van der Waals surface area contributed by atoms with Gasteiger partial charge in [-0.05, 0) is 24.1 Å². The molecule has 0 saturated heterocycles. The van der Waals surface area contributed by atoms with Crippen molar-refractivity contribution >= 4 is 11.5 Å². The average Bonchev–Trinajstić information content (AvgIpc) is 2.18. The number of carboxylic acids is 1. The van der Waals surface area contributed by atoms with Crippen LogP contribution in [0.4, 0.5) is 0 Å². The predicted octanol–water partition coefficient (Wildman–Crippen LogP) is 2.13. The van der Waals surface area contributed by atoms with Crippen molar-refractivity contribution in [1.82, 2.24) is 4.98 Å². The fourth-order valence-electron chi connectivity index (χ4n) is 0.967. The van der Waals surface area contributed by atoms with Crippen LogP contribution in [0.1, 0.15) is 12.5 Å². The molecule has 0 unspecified atom stereocenters. The molecule has 0 bridgehead atoms. The summed E-state index contributed by atoms with van der Waals surface area (Å²) in [5, 5.41) is 8.37. The molecule has 14 heavy (non-hydrogen) atoms. The van der Waals surface area contributed by atoms with Crippen LogP contribution in [0.2, 0.25) is 0 Å². The van der Waals surface area contributed by atoms with Crippen LogP contribution in [0.5, 0.6) is 0 Å². The summed E-state index contributed by atoms with van der Waals surface area (Å²) in [4.78, 5) is 14.2. The van der Waals surface area contributed by atoms with E-state index in [1.54, 1.807) is 18.5 Å². The second kappa shape index (κ2) is 4.97. The smallest absolute Gasteiger partial charge is 0.328 e. The first-order valence-corrected chi connectivity index (χ1v) is 4.18. The number of aliphatic carboxylic acids is 1. The van der Waals surface area contributed by atoms with Crippen molar-refractivity contribution in [3.8, 4) is 0 Å². The first-order chi connectivity index (χ1) is 6.70. The standard InChI is InChI=1S/C11H11NO2/c1-9(4-2-6-11(13)14)10-5-3-7-12-8-10/h2-8H,1H3,(H,13,14)/b6-2+,9-4+. The molecule has 0 aliphatic rings. The molecule has 0 radical (unpaired) electrons. The maximum atomic E-state index is 10.2. The Balaban J connectivity index is 2.75. The third-order valence-electron chi connectivity index (χ3n) is 1.70. The van der Waals surface area contributed by atoms with E-state index >= 15 is 0 Å². The Labute approximate surface area is 82.4 Å². The van der Waals surface area contributed by atoms with Gasteiger partial charge in [0.15, 0.2) is 0 Å². The van der Waals surface area contributed by atoms with Gasteiger partial charge in [-0.2, -0.15) is 0 Å². The maximum absolute atomic E-state index is 10.2. The van der Waals surface area contributed by atoms with Gasteiger partial charge < -0.3 is 5.11 Å². The number of hydrogen-bond acceptors (Lipinski definition) is 2. The quantitative estimate of drug-likeness (QED) is 0.585. The predicted molar refractivity (Wildman–Crippen MR) is 54.7 cm³/mol. The summed E-state index contributed by atoms with van der Waals surface area (Å²) in [7, 11) is 0. The molecule has 1 N–H and O–H groups in total. The van der Waals surface area contributed by atoms with Crippen LogP contribution >= 0.6 is 0 Å². The van der Waals surface area contributed by atoms with E-state index in [1.807, 2.05) is 19.1 Å². The maximum Gasteiger partial charge on any atom is 0.328 e. The molecule has 0 amide bonds. The first-order valence-electron chi connectivity index (χ1n) is 4.18. The number of aromatic nitrogens is 1. The minimum atomic E-state index is -0.944. The van der Waals surface area contributed by atoms with E-state index in [9.17, 15) is 4.79 Å². The van der Waals surface area contributed by atoms with Crippen molar-refractivity contribution in [3.05, 3.63) is 48.3 Å². The Kier molecular flexibility index (Phi) is 3.61. The SMILES string of the molecule is C/C(=C\C=C\C(=O)O)c1cccnc1. The van der Waals surface area contributed by atoms with E-state index in [1.165, 1.54) is 6.08 Å². The third kappa shape index (κ3) is 3.23. The Morgan fingerprint density at radius 1 is 1.57 bits per heavy atom. The highest BCUT2D eigenvalue weighted by Crippen LogP contribution is 2.10.